The third kappa shape index (κ3) is 3.67. The second-order valence-electron chi connectivity index (χ2n) is 8.47. The van der Waals surface area contributed by atoms with Crippen LogP contribution >= 0.6 is 0 Å². The summed E-state index contributed by atoms with van der Waals surface area (Å²) in [5, 5.41) is 0.951. The number of rotatable bonds is 5. The standard InChI is InChI=1S/C31H23N3O2/c1-36-27-19-11-8-16-23(27)20-26-31(35)34(30(33-26)22-14-6-3-7-15-22)29-24-17-9-10-18-25(24)32-28(29)21-12-4-2-5-13-21/h2-20,32H,1H3/b26-20+. The predicted octanol–water partition coefficient (Wildman–Crippen LogP) is 6.68. The summed E-state index contributed by atoms with van der Waals surface area (Å²) in [6, 6.07) is 35.5. The number of carbonyl (C=O) groups excluding carboxylic acids is 1. The van der Waals surface area contributed by atoms with Gasteiger partial charge in [-0.05, 0) is 18.2 Å². The summed E-state index contributed by atoms with van der Waals surface area (Å²) in [5.74, 6) is 1.08. The molecule has 5 heteroatoms. The van der Waals surface area contributed by atoms with Crippen LogP contribution in [0.1, 0.15) is 11.1 Å². The molecule has 1 aliphatic heterocycles. The summed E-state index contributed by atoms with van der Waals surface area (Å²) in [6.07, 6.45) is 1.79. The van der Waals surface area contributed by atoms with Crippen LogP contribution in [-0.4, -0.2) is 23.8 Å². The number of anilines is 1. The van der Waals surface area contributed by atoms with Gasteiger partial charge in [0.05, 0.1) is 18.5 Å². The first-order chi connectivity index (χ1) is 17.7. The second kappa shape index (κ2) is 9.04. The number of hydrogen-bond acceptors (Lipinski definition) is 3. The van der Waals surface area contributed by atoms with E-state index in [4.69, 9.17) is 9.73 Å². The number of ether oxygens (including phenoxy) is 1. The quantitative estimate of drug-likeness (QED) is 0.292. The summed E-state index contributed by atoms with van der Waals surface area (Å²) in [4.78, 5) is 24.3. The van der Waals surface area contributed by atoms with Gasteiger partial charge in [0, 0.05) is 27.6 Å². The summed E-state index contributed by atoms with van der Waals surface area (Å²) in [7, 11) is 1.62. The minimum Gasteiger partial charge on any atom is -0.496 e. The first-order valence-corrected chi connectivity index (χ1v) is 11.7. The summed E-state index contributed by atoms with van der Waals surface area (Å²) >= 11 is 0. The fourth-order valence-electron chi connectivity index (χ4n) is 4.61. The Hall–Kier alpha value is -4.90. The Morgan fingerprint density at radius 1 is 0.778 bits per heavy atom. The number of aromatic amines is 1. The molecule has 0 bridgehead atoms. The van der Waals surface area contributed by atoms with Gasteiger partial charge in [0.25, 0.3) is 5.91 Å². The van der Waals surface area contributed by atoms with Crippen LogP contribution in [0.2, 0.25) is 0 Å². The van der Waals surface area contributed by atoms with Crippen molar-refractivity contribution < 1.29 is 9.53 Å². The summed E-state index contributed by atoms with van der Waals surface area (Å²) in [5.41, 5.74) is 5.60. The molecule has 0 atom stereocenters. The maximum Gasteiger partial charge on any atom is 0.282 e. The molecule has 1 N–H and O–H groups in total. The van der Waals surface area contributed by atoms with Crippen LogP contribution in [0.15, 0.2) is 120 Å². The minimum atomic E-state index is -0.193. The Morgan fingerprint density at radius 2 is 1.42 bits per heavy atom. The molecule has 1 aromatic heterocycles. The zero-order chi connectivity index (χ0) is 24.5. The number of amidine groups is 1. The minimum absolute atomic E-state index is 0.193. The number of methoxy groups -OCH3 is 1. The Kier molecular flexibility index (Phi) is 5.43. The Morgan fingerprint density at radius 3 is 2.17 bits per heavy atom. The van der Waals surface area contributed by atoms with Gasteiger partial charge in [-0.3, -0.25) is 9.69 Å². The molecule has 36 heavy (non-hydrogen) atoms. The molecule has 1 amide bonds. The third-order valence-corrected chi connectivity index (χ3v) is 6.29. The van der Waals surface area contributed by atoms with Crippen molar-refractivity contribution in [3.8, 4) is 17.0 Å². The van der Waals surface area contributed by atoms with Crippen molar-refractivity contribution in [2.75, 3.05) is 12.0 Å². The summed E-state index contributed by atoms with van der Waals surface area (Å²) in [6.45, 7) is 0. The zero-order valence-electron chi connectivity index (χ0n) is 19.7. The highest BCUT2D eigenvalue weighted by Crippen LogP contribution is 2.41. The van der Waals surface area contributed by atoms with Crippen LogP contribution in [0.25, 0.3) is 28.2 Å². The molecular weight excluding hydrogens is 446 g/mol. The third-order valence-electron chi connectivity index (χ3n) is 6.29. The van der Waals surface area contributed by atoms with Crippen LogP contribution in [0.5, 0.6) is 5.75 Å². The zero-order valence-corrected chi connectivity index (χ0v) is 19.7. The lowest BCUT2D eigenvalue weighted by Gasteiger charge is -2.20. The highest BCUT2D eigenvalue weighted by Gasteiger charge is 2.36. The van der Waals surface area contributed by atoms with Crippen molar-refractivity contribution in [3.05, 3.63) is 126 Å². The lowest BCUT2D eigenvalue weighted by atomic mass is 10.1. The topological polar surface area (TPSA) is 57.7 Å². The molecule has 4 aromatic carbocycles. The van der Waals surface area contributed by atoms with Gasteiger partial charge >= 0.3 is 0 Å². The molecule has 0 saturated carbocycles. The number of benzene rings is 4. The molecule has 1 aliphatic rings. The number of aromatic nitrogens is 1. The molecule has 0 saturated heterocycles. The normalized spacial score (nSPS) is 14.5. The molecule has 174 valence electrons. The number of fused-ring (bicyclic) bond motifs is 1. The summed E-state index contributed by atoms with van der Waals surface area (Å²) < 4.78 is 5.51. The van der Waals surface area contributed by atoms with Gasteiger partial charge in [0.1, 0.15) is 17.3 Å². The molecule has 0 aliphatic carbocycles. The Labute approximate surface area is 209 Å². The first-order valence-electron chi connectivity index (χ1n) is 11.7. The fraction of sp³-hybridized carbons (Fsp3) is 0.0323. The predicted molar refractivity (Wildman–Crippen MR) is 145 cm³/mol. The van der Waals surface area contributed by atoms with E-state index in [2.05, 4.69) is 4.98 Å². The number of nitrogens with zero attached hydrogens (tertiary/aromatic N) is 2. The number of para-hydroxylation sites is 2. The number of carbonyl (C=O) groups is 1. The first kappa shape index (κ1) is 21.6. The van der Waals surface area contributed by atoms with Crippen molar-refractivity contribution in [1.82, 2.24) is 4.98 Å². The van der Waals surface area contributed by atoms with E-state index in [0.717, 1.165) is 39.0 Å². The van der Waals surface area contributed by atoms with E-state index in [0.29, 0.717) is 17.3 Å². The molecule has 0 unspecified atom stereocenters. The second-order valence-corrected chi connectivity index (χ2v) is 8.47. The van der Waals surface area contributed by atoms with Crippen molar-refractivity contribution in [3.63, 3.8) is 0 Å². The van der Waals surface area contributed by atoms with Gasteiger partial charge in [0.2, 0.25) is 0 Å². The molecule has 0 fully saturated rings. The van der Waals surface area contributed by atoms with Crippen LogP contribution in [0.3, 0.4) is 0 Å². The van der Waals surface area contributed by atoms with E-state index in [1.54, 1.807) is 18.1 Å². The van der Waals surface area contributed by atoms with E-state index in [1.807, 2.05) is 109 Å². The maximum absolute atomic E-state index is 14.1. The molecule has 0 radical (unpaired) electrons. The smallest absolute Gasteiger partial charge is 0.282 e. The Bertz CT molecular complexity index is 1630. The van der Waals surface area contributed by atoms with E-state index in [-0.39, 0.29) is 5.91 Å². The average molecular weight is 470 g/mol. The maximum atomic E-state index is 14.1. The van der Waals surface area contributed by atoms with E-state index < -0.39 is 0 Å². The molecule has 5 nitrogen and oxygen atoms in total. The number of amides is 1. The largest absolute Gasteiger partial charge is 0.496 e. The molecule has 2 heterocycles. The molecule has 6 rings (SSSR count). The van der Waals surface area contributed by atoms with Gasteiger partial charge in [-0.1, -0.05) is 97.1 Å². The number of aliphatic imine (C=N–C) groups is 1. The van der Waals surface area contributed by atoms with E-state index >= 15 is 0 Å². The van der Waals surface area contributed by atoms with Crippen LogP contribution in [-0.2, 0) is 4.79 Å². The lowest BCUT2D eigenvalue weighted by Crippen LogP contribution is -2.33. The van der Waals surface area contributed by atoms with Crippen molar-refractivity contribution in [2.24, 2.45) is 4.99 Å². The van der Waals surface area contributed by atoms with Crippen molar-refractivity contribution in [2.45, 2.75) is 0 Å². The van der Waals surface area contributed by atoms with Crippen LogP contribution in [0.4, 0.5) is 5.69 Å². The Balaban J connectivity index is 1.59. The van der Waals surface area contributed by atoms with Gasteiger partial charge in [-0.2, -0.15) is 0 Å². The molecule has 0 spiro atoms. The molecule has 5 aromatic rings. The van der Waals surface area contributed by atoms with Crippen LogP contribution < -0.4 is 9.64 Å². The SMILES string of the molecule is COc1ccccc1/C=C1/N=C(c2ccccc2)N(c2c(-c3ccccc3)[nH]c3ccccc23)C1=O. The number of nitrogens with one attached hydrogen (secondary N) is 1. The van der Waals surface area contributed by atoms with E-state index in [9.17, 15) is 4.79 Å². The average Bonchev–Trinajstić information content (AvgIpc) is 3.47. The highest BCUT2D eigenvalue weighted by molar-refractivity contribution is 6.36. The van der Waals surface area contributed by atoms with Gasteiger partial charge in [-0.25, -0.2) is 4.99 Å². The van der Waals surface area contributed by atoms with Crippen LogP contribution in [0, 0.1) is 0 Å². The van der Waals surface area contributed by atoms with Gasteiger partial charge < -0.3 is 9.72 Å². The monoisotopic (exact) mass is 469 g/mol. The van der Waals surface area contributed by atoms with E-state index in [1.165, 1.54) is 0 Å². The van der Waals surface area contributed by atoms with Gasteiger partial charge in [0.15, 0.2) is 0 Å². The highest BCUT2D eigenvalue weighted by atomic mass is 16.5. The number of hydrogen-bond donors (Lipinski definition) is 1. The lowest BCUT2D eigenvalue weighted by molar-refractivity contribution is -0.113. The van der Waals surface area contributed by atoms with Crippen molar-refractivity contribution >= 4 is 34.4 Å². The van der Waals surface area contributed by atoms with Crippen molar-refractivity contribution in [1.29, 1.82) is 0 Å². The molecular formula is C31H23N3O2. The number of H-pyrrole nitrogens is 1. The van der Waals surface area contributed by atoms with Gasteiger partial charge in [-0.15, -0.1) is 0 Å². The fourth-order valence-corrected chi connectivity index (χ4v) is 4.61.